The highest BCUT2D eigenvalue weighted by Gasteiger charge is 2.40. The van der Waals surface area contributed by atoms with Crippen molar-refractivity contribution in [3.05, 3.63) is 0 Å². The monoisotopic (exact) mass is 295 g/mol. The van der Waals surface area contributed by atoms with Gasteiger partial charge in [0, 0.05) is 19.1 Å². The molecule has 118 valence electrons. The van der Waals surface area contributed by atoms with Crippen LogP contribution in [-0.2, 0) is 4.79 Å². The van der Waals surface area contributed by atoms with Gasteiger partial charge in [0.2, 0.25) is 0 Å². The summed E-state index contributed by atoms with van der Waals surface area (Å²) >= 11 is 0. The molecule has 2 heterocycles. The summed E-state index contributed by atoms with van der Waals surface area (Å²) in [7, 11) is 2.17. The summed E-state index contributed by atoms with van der Waals surface area (Å²) < 4.78 is 0. The second-order valence-corrected chi connectivity index (χ2v) is 6.79. The van der Waals surface area contributed by atoms with Crippen LogP contribution in [0.4, 0.5) is 4.79 Å². The summed E-state index contributed by atoms with van der Waals surface area (Å²) in [4.78, 5) is 27.8. The number of carboxylic acid groups (broad SMARTS) is 1. The van der Waals surface area contributed by atoms with Gasteiger partial charge in [-0.15, -0.1) is 0 Å². The molecule has 0 spiro atoms. The predicted octanol–water partition coefficient (Wildman–Crippen LogP) is 0.975. The Kier molecular flexibility index (Phi) is 4.06. The number of fused-ring (bicyclic) bond motifs is 1. The van der Waals surface area contributed by atoms with Crippen molar-refractivity contribution in [1.82, 2.24) is 15.1 Å². The molecule has 0 radical (unpaired) electrons. The van der Waals surface area contributed by atoms with E-state index in [4.69, 9.17) is 0 Å². The zero-order chi connectivity index (χ0) is 15.0. The number of hydrogen-bond donors (Lipinski definition) is 2. The Hall–Kier alpha value is -1.30. The first-order valence-electron chi connectivity index (χ1n) is 8.04. The van der Waals surface area contributed by atoms with Crippen molar-refractivity contribution in [1.29, 1.82) is 0 Å². The van der Waals surface area contributed by atoms with Crippen LogP contribution in [0.3, 0.4) is 0 Å². The minimum atomic E-state index is -0.905. The van der Waals surface area contributed by atoms with Gasteiger partial charge in [0.15, 0.2) is 0 Å². The second-order valence-electron chi connectivity index (χ2n) is 6.79. The number of aliphatic carboxylic acids is 1. The first-order valence-corrected chi connectivity index (χ1v) is 8.04. The lowest BCUT2D eigenvalue weighted by Crippen LogP contribution is -2.57. The summed E-state index contributed by atoms with van der Waals surface area (Å²) in [6.45, 7) is 2.64. The highest BCUT2D eigenvalue weighted by molar-refractivity contribution is 5.83. The summed E-state index contributed by atoms with van der Waals surface area (Å²) in [5.41, 5.74) is 0. The van der Waals surface area contributed by atoms with Crippen LogP contribution in [-0.4, -0.2) is 65.7 Å². The van der Waals surface area contributed by atoms with Gasteiger partial charge in [0.05, 0.1) is 0 Å². The molecule has 0 aromatic heterocycles. The molecule has 0 aromatic rings. The van der Waals surface area contributed by atoms with E-state index in [1.165, 1.54) is 12.8 Å². The molecule has 1 aliphatic carbocycles. The quantitative estimate of drug-likeness (QED) is 0.814. The number of carbonyl (C=O) groups is 2. The number of piperidine rings is 2. The second kappa shape index (κ2) is 5.83. The maximum Gasteiger partial charge on any atom is 0.326 e. The topological polar surface area (TPSA) is 72.9 Å². The van der Waals surface area contributed by atoms with Gasteiger partial charge in [0.25, 0.3) is 0 Å². The molecule has 3 aliphatic rings. The Labute approximate surface area is 125 Å². The lowest BCUT2D eigenvalue weighted by molar-refractivity contribution is -0.139. The molecule has 1 saturated carbocycles. The molecule has 2 aliphatic heterocycles. The average Bonchev–Trinajstić information content (AvgIpc) is 3.28. The van der Waals surface area contributed by atoms with Crippen molar-refractivity contribution in [2.75, 3.05) is 26.7 Å². The Bertz CT molecular complexity index is 424. The first-order chi connectivity index (χ1) is 10.1. The van der Waals surface area contributed by atoms with Gasteiger partial charge in [-0.3, -0.25) is 0 Å². The van der Waals surface area contributed by atoms with Gasteiger partial charge >= 0.3 is 12.0 Å². The molecular weight excluding hydrogens is 270 g/mol. The van der Waals surface area contributed by atoms with E-state index in [-0.39, 0.29) is 11.9 Å². The van der Waals surface area contributed by atoms with E-state index >= 15 is 0 Å². The molecule has 0 aromatic carbocycles. The summed E-state index contributed by atoms with van der Waals surface area (Å²) in [5, 5.41) is 11.9. The third-order valence-corrected chi connectivity index (χ3v) is 5.27. The fourth-order valence-corrected chi connectivity index (χ4v) is 3.87. The third kappa shape index (κ3) is 3.15. The van der Waals surface area contributed by atoms with Crippen molar-refractivity contribution in [2.24, 2.45) is 11.8 Å². The van der Waals surface area contributed by atoms with E-state index in [0.717, 1.165) is 38.9 Å². The molecule has 6 nitrogen and oxygen atoms in total. The Morgan fingerprint density at radius 3 is 2.62 bits per heavy atom. The molecule has 21 heavy (non-hydrogen) atoms. The van der Waals surface area contributed by atoms with E-state index in [0.29, 0.717) is 12.0 Å². The fraction of sp³-hybridized carbons (Fsp3) is 0.867. The minimum absolute atomic E-state index is 0.129. The number of carboxylic acids is 1. The Balaban J connectivity index is 1.57. The van der Waals surface area contributed by atoms with Gasteiger partial charge in [0.1, 0.15) is 6.04 Å². The van der Waals surface area contributed by atoms with Gasteiger partial charge in [-0.1, -0.05) is 0 Å². The molecule has 3 rings (SSSR count). The lowest BCUT2D eigenvalue weighted by atomic mass is 9.84. The van der Waals surface area contributed by atoms with E-state index in [1.54, 1.807) is 0 Å². The maximum atomic E-state index is 12.3. The summed E-state index contributed by atoms with van der Waals surface area (Å²) in [6, 6.07) is -0.313. The third-order valence-electron chi connectivity index (χ3n) is 5.27. The van der Waals surface area contributed by atoms with Crippen molar-refractivity contribution in [3.63, 3.8) is 0 Å². The molecule has 2 amide bonds. The number of nitrogens with one attached hydrogen (secondary N) is 1. The lowest BCUT2D eigenvalue weighted by Gasteiger charge is -2.46. The molecule has 3 fully saturated rings. The van der Waals surface area contributed by atoms with Crippen LogP contribution in [0.15, 0.2) is 0 Å². The summed E-state index contributed by atoms with van der Waals surface area (Å²) in [6.07, 6.45) is 5.17. The minimum Gasteiger partial charge on any atom is -0.480 e. The van der Waals surface area contributed by atoms with E-state index in [9.17, 15) is 14.7 Å². The smallest absolute Gasteiger partial charge is 0.326 e. The van der Waals surface area contributed by atoms with E-state index in [2.05, 4.69) is 17.3 Å². The zero-order valence-electron chi connectivity index (χ0n) is 12.6. The van der Waals surface area contributed by atoms with E-state index < -0.39 is 12.0 Å². The van der Waals surface area contributed by atoms with Crippen molar-refractivity contribution < 1.29 is 14.7 Å². The number of hydrogen-bond acceptors (Lipinski definition) is 3. The Morgan fingerprint density at radius 1 is 1.19 bits per heavy atom. The van der Waals surface area contributed by atoms with Gasteiger partial charge in [-0.05, 0) is 57.5 Å². The maximum absolute atomic E-state index is 12.3. The van der Waals surface area contributed by atoms with Crippen LogP contribution >= 0.6 is 0 Å². The summed E-state index contributed by atoms with van der Waals surface area (Å²) in [5.74, 6) is -0.240. The standard InChI is InChI=1S/C15H25N3O3/c1-17-7-2-3-11-9-18(8-6-12(11)17)15(21)16-13(14(19)20)10-4-5-10/h10-13H,2-9H2,1H3,(H,16,21)(H,19,20). The SMILES string of the molecule is CN1CCCC2CN(C(=O)NC(C(=O)O)C3CC3)CCC21. The molecule has 2 N–H and O–H groups in total. The molecule has 2 saturated heterocycles. The van der Waals surface area contributed by atoms with Crippen molar-refractivity contribution in [3.8, 4) is 0 Å². The normalized spacial score (nSPS) is 31.4. The Morgan fingerprint density at radius 2 is 1.95 bits per heavy atom. The zero-order valence-corrected chi connectivity index (χ0v) is 12.6. The fourth-order valence-electron chi connectivity index (χ4n) is 3.87. The van der Waals surface area contributed by atoms with Gasteiger partial charge in [-0.2, -0.15) is 0 Å². The highest BCUT2D eigenvalue weighted by Crippen LogP contribution is 2.33. The number of likely N-dealkylation sites (tertiary alicyclic amines) is 2. The highest BCUT2D eigenvalue weighted by atomic mass is 16.4. The average molecular weight is 295 g/mol. The van der Waals surface area contributed by atoms with Crippen LogP contribution in [0.1, 0.15) is 32.1 Å². The first kappa shape index (κ1) is 14.6. The number of rotatable bonds is 3. The van der Waals surface area contributed by atoms with E-state index in [1.807, 2.05) is 4.90 Å². The van der Waals surface area contributed by atoms with Gasteiger partial charge in [-0.25, -0.2) is 9.59 Å². The number of urea groups is 1. The number of amides is 2. The van der Waals surface area contributed by atoms with Gasteiger partial charge < -0.3 is 20.2 Å². The number of carbonyl (C=O) groups excluding carboxylic acids is 1. The predicted molar refractivity (Wildman–Crippen MR) is 78.0 cm³/mol. The van der Waals surface area contributed by atoms with Crippen LogP contribution in [0, 0.1) is 11.8 Å². The van der Waals surface area contributed by atoms with Crippen molar-refractivity contribution in [2.45, 2.75) is 44.2 Å². The number of nitrogens with zero attached hydrogens (tertiary/aromatic N) is 2. The molecule has 3 unspecified atom stereocenters. The largest absolute Gasteiger partial charge is 0.480 e. The molecule has 3 atom stereocenters. The molecule has 0 bridgehead atoms. The van der Waals surface area contributed by atoms with Crippen LogP contribution in [0.2, 0.25) is 0 Å². The van der Waals surface area contributed by atoms with Crippen molar-refractivity contribution >= 4 is 12.0 Å². The van der Waals surface area contributed by atoms with Crippen LogP contribution in [0.25, 0.3) is 0 Å². The molecule has 6 heteroatoms. The van der Waals surface area contributed by atoms with Crippen LogP contribution in [0.5, 0.6) is 0 Å². The molecular formula is C15H25N3O3. The van der Waals surface area contributed by atoms with Crippen LogP contribution < -0.4 is 5.32 Å².